The van der Waals surface area contributed by atoms with E-state index in [0.29, 0.717) is 17.3 Å². The van der Waals surface area contributed by atoms with Crippen LogP contribution in [-0.2, 0) is 0 Å². The maximum Gasteiger partial charge on any atom is 0.151 e. The lowest BCUT2D eigenvalue weighted by atomic mass is 10.1. The molecule has 1 atom stereocenters. The first kappa shape index (κ1) is 11.3. The van der Waals surface area contributed by atoms with E-state index in [1.165, 1.54) is 19.4 Å². The van der Waals surface area contributed by atoms with Crippen molar-refractivity contribution in [2.45, 2.75) is 18.9 Å². The second kappa shape index (κ2) is 4.46. The predicted octanol–water partition coefficient (Wildman–Crippen LogP) is 0.820. The monoisotopic (exact) mass is 243 g/mol. The summed E-state index contributed by atoms with van der Waals surface area (Å²) in [7, 11) is 0. The van der Waals surface area contributed by atoms with Crippen LogP contribution in [0.2, 0.25) is 0 Å². The fraction of sp³-hybridized carbons (Fsp3) is 0.538. The number of piperazine rings is 1. The van der Waals surface area contributed by atoms with Crippen molar-refractivity contribution < 1.29 is 0 Å². The molecule has 2 saturated heterocycles. The predicted molar refractivity (Wildman–Crippen MR) is 70.2 cm³/mol. The Hall–Kier alpha value is -1.80. The SMILES string of the molecule is N#Cc1cnc(N2CCN3CCCC3C2)c(N)c1. The van der Waals surface area contributed by atoms with Gasteiger partial charge in [0.1, 0.15) is 6.07 Å². The Morgan fingerprint density at radius 1 is 1.39 bits per heavy atom. The molecule has 0 amide bonds. The van der Waals surface area contributed by atoms with Gasteiger partial charge in [-0.25, -0.2) is 4.98 Å². The molecule has 3 rings (SSSR count). The maximum atomic E-state index is 8.82. The Labute approximate surface area is 107 Å². The largest absolute Gasteiger partial charge is 0.396 e. The van der Waals surface area contributed by atoms with E-state index in [-0.39, 0.29) is 0 Å². The van der Waals surface area contributed by atoms with E-state index < -0.39 is 0 Å². The number of nitrogens with zero attached hydrogens (tertiary/aromatic N) is 4. The zero-order chi connectivity index (χ0) is 12.5. The summed E-state index contributed by atoms with van der Waals surface area (Å²) in [6.45, 7) is 4.29. The molecule has 1 unspecified atom stereocenters. The Morgan fingerprint density at radius 2 is 2.28 bits per heavy atom. The molecule has 1 aromatic heterocycles. The van der Waals surface area contributed by atoms with E-state index in [1.807, 2.05) is 0 Å². The Kier molecular flexibility index (Phi) is 2.80. The summed E-state index contributed by atoms with van der Waals surface area (Å²) in [6.07, 6.45) is 4.17. The molecule has 18 heavy (non-hydrogen) atoms. The summed E-state index contributed by atoms with van der Waals surface area (Å²) in [4.78, 5) is 9.15. The van der Waals surface area contributed by atoms with Crippen LogP contribution < -0.4 is 10.6 Å². The van der Waals surface area contributed by atoms with Gasteiger partial charge in [-0.3, -0.25) is 4.90 Å². The summed E-state index contributed by atoms with van der Waals surface area (Å²) < 4.78 is 0. The van der Waals surface area contributed by atoms with Gasteiger partial charge in [-0.1, -0.05) is 0 Å². The van der Waals surface area contributed by atoms with Crippen molar-refractivity contribution in [3.8, 4) is 6.07 Å². The minimum atomic E-state index is 0.524. The van der Waals surface area contributed by atoms with Crippen LogP contribution in [0.3, 0.4) is 0 Å². The Morgan fingerprint density at radius 3 is 3.06 bits per heavy atom. The van der Waals surface area contributed by atoms with E-state index in [0.717, 1.165) is 25.5 Å². The molecule has 94 valence electrons. The molecule has 5 heteroatoms. The van der Waals surface area contributed by atoms with Crippen LogP contribution in [0.25, 0.3) is 0 Å². The molecule has 0 bridgehead atoms. The summed E-state index contributed by atoms with van der Waals surface area (Å²) in [6, 6.07) is 4.43. The zero-order valence-corrected chi connectivity index (χ0v) is 10.3. The molecule has 0 radical (unpaired) electrons. The van der Waals surface area contributed by atoms with Gasteiger partial charge in [-0.05, 0) is 25.5 Å². The third-order valence-corrected chi connectivity index (χ3v) is 3.91. The highest BCUT2D eigenvalue weighted by atomic mass is 15.3. The first-order valence-electron chi connectivity index (χ1n) is 6.42. The summed E-state index contributed by atoms with van der Waals surface area (Å²) in [5, 5.41) is 8.82. The molecule has 2 N–H and O–H groups in total. The van der Waals surface area contributed by atoms with Crippen LogP contribution in [-0.4, -0.2) is 42.1 Å². The van der Waals surface area contributed by atoms with Gasteiger partial charge in [0.25, 0.3) is 0 Å². The average Bonchev–Trinajstić information content (AvgIpc) is 2.85. The van der Waals surface area contributed by atoms with E-state index in [9.17, 15) is 0 Å². The number of hydrogen-bond donors (Lipinski definition) is 1. The molecule has 2 aliphatic rings. The third kappa shape index (κ3) is 1.89. The molecule has 1 aromatic rings. The van der Waals surface area contributed by atoms with Crippen molar-refractivity contribution in [3.63, 3.8) is 0 Å². The van der Waals surface area contributed by atoms with Crippen molar-refractivity contribution in [2.75, 3.05) is 36.8 Å². The zero-order valence-electron chi connectivity index (χ0n) is 10.3. The smallest absolute Gasteiger partial charge is 0.151 e. The first-order chi connectivity index (χ1) is 8.78. The number of hydrogen-bond acceptors (Lipinski definition) is 5. The third-order valence-electron chi connectivity index (χ3n) is 3.91. The van der Waals surface area contributed by atoms with Crippen LogP contribution in [0.15, 0.2) is 12.3 Å². The number of fused-ring (bicyclic) bond motifs is 1. The van der Waals surface area contributed by atoms with Gasteiger partial charge in [-0.2, -0.15) is 5.26 Å². The summed E-state index contributed by atoms with van der Waals surface area (Å²) in [5.74, 6) is 0.834. The second-order valence-corrected chi connectivity index (χ2v) is 5.03. The van der Waals surface area contributed by atoms with Crippen LogP contribution in [0.1, 0.15) is 18.4 Å². The van der Waals surface area contributed by atoms with Gasteiger partial charge in [0.05, 0.1) is 11.3 Å². The molecule has 3 heterocycles. The summed E-state index contributed by atoms with van der Waals surface area (Å²) in [5.41, 5.74) is 7.13. The quantitative estimate of drug-likeness (QED) is 0.791. The van der Waals surface area contributed by atoms with E-state index in [4.69, 9.17) is 11.0 Å². The molecule has 0 aromatic carbocycles. The first-order valence-corrected chi connectivity index (χ1v) is 6.42. The number of nitriles is 1. The van der Waals surface area contributed by atoms with Crippen LogP contribution in [0, 0.1) is 11.3 Å². The van der Waals surface area contributed by atoms with Gasteiger partial charge in [0, 0.05) is 31.9 Å². The highest BCUT2D eigenvalue weighted by Crippen LogP contribution is 2.27. The molecule has 2 fully saturated rings. The number of aromatic nitrogens is 1. The van der Waals surface area contributed by atoms with Gasteiger partial charge in [0.15, 0.2) is 5.82 Å². The normalized spacial score (nSPS) is 23.7. The fourth-order valence-corrected chi connectivity index (χ4v) is 2.98. The minimum absolute atomic E-state index is 0.524. The highest BCUT2D eigenvalue weighted by molar-refractivity contribution is 5.64. The average molecular weight is 243 g/mol. The number of anilines is 2. The highest BCUT2D eigenvalue weighted by Gasteiger charge is 2.31. The van der Waals surface area contributed by atoms with Crippen molar-refractivity contribution >= 4 is 11.5 Å². The van der Waals surface area contributed by atoms with Crippen LogP contribution in [0.4, 0.5) is 11.5 Å². The van der Waals surface area contributed by atoms with Gasteiger partial charge in [0.2, 0.25) is 0 Å². The molecule has 0 aliphatic carbocycles. The Balaban J connectivity index is 1.81. The standard InChI is InChI=1S/C13H17N5/c14-7-10-6-12(15)13(16-8-10)18-5-4-17-3-1-2-11(17)9-18/h6,8,11H,1-5,9,15H2. The number of nitrogen functional groups attached to an aromatic ring is 1. The molecule has 0 spiro atoms. The lowest BCUT2D eigenvalue weighted by Crippen LogP contribution is -2.50. The lowest BCUT2D eigenvalue weighted by molar-refractivity contribution is 0.230. The van der Waals surface area contributed by atoms with Crippen molar-refractivity contribution in [1.29, 1.82) is 5.26 Å². The molecule has 5 nitrogen and oxygen atoms in total. The second-order valence-electron chi connectivity index (χ2n) is 5.03. The van der Waals surface area contributed by atoms with E-state index in [1.54, 1.807) is 12.3 Å². The van der Waals surface area contributed by atoms with Crippen molar-refractivity contribution in [1.82, 2.24) is 9.88 Å². The van der Waals surface area contributed by atoms with Crippen LogP contribution in [0.5, 0.6) is 0 Å². The van der Waals surface area contributed by atoms with E-state index >= 15 is 0 Å². The molecular formula is C13H17N5. The van der Waals surface area contributed by atoms with Gasteiger partial charge in [-0.15, -0.1) is 0 Å². The minimum Gasteiger partial charge on any atom is -0.396 e. The topological polar surface area (TPSA) is 69.2 Å². The Bertz CT molecular complexity index is 493. The number of rotatable bonds is 1. The van der Waals surface area contributed by atoms with Gasteiger partial charge >= 0.3 is 0 Å². The van der Waals surface area contributed by atoms with Crippen molar-refractivity contribution in [3.05, 3.63) is 17.8 Å². The van der Waals surface area contributed by atoms with Gasteiger partial charge < -0.3 is 10.6 Å². The maximum absolute atomic E-state index is 8.82. The molecule has 2 aliphatic heterocycles. The fourth-order valence-electron chi connectivity index (χ4n) is 2.98. The van der Waals surface area contributed by atoms with E-state index in [2.05, 4.69) is 20.9 Å². The molecular weight excluding hydrogens is 226 g/mol. The number of nitrogens with two attached hydrogens (primary N) is 1. The summed E-state index contributed by atoms with van der Waals surface area (Å²) >= 11 is 0. The number of pyridine rings is 1. The lowest BCUT2D eigenvalue weighted by Gasteiger charge is -2.38. The molecule has 0 saturated carbocycles. The van der Waals surface area contributed by atoms with Crippen molar-refractivity contribution in [2.24, 2.45) is 0 Å². The van der Waals surface area contributed by atoms with Crippen LogP contribution >= 0.6 is 0 Å².